The van der Waals surface area contributed by atoms with Crippen LogP contribution in [0.25, 0.3) is 0 Å². The first-order valence-corrected chi connectivity index (χ1v) is 8.81. The molecule has 120 valence electrons. The lowest BCUT2D eigenvalue weighted by molar-refractivity contribution is -0.138. The third-order valence-corrected chi connectivity index (χ3v) is 5.95. The number of nitrogens with one attached hydrogen (secondary N) is 1. The number of fused-ring (bicyclic) bond motifs is 2. The topological polar surface area (TPSA) is 35.6 Å². The van der Waals surface area contributed by atoms with Gasteiger partial charge in [0.25, 0.3) is 0 Å². The molecule has 3 heterocycles. The van der Waals surface area contributed by atoms with Crippen molar-refractivity contribution < 1.29 is 4.79 Å². The van der Waals surface area contributed by atoms with E-state index in [1.165, 1.54) is 12.8 Å². The molecule has 3 aliphatic rings. The molecule has 0 aromatic heterocycles. The van der Waals surface area contributed by atoms with Crippen LogP contribution < -0.4 is 5.32 Å². The monoisotopic (exact) mass is 293 g/mol. The Morgan fingerprint density at radius 2 is 1.67 bits per heavy atom. The van der Waals surface area contributed by atoms with E-state index in [1.807, 2.05) is 7.05 Å². The van der Waals surface area contributed by atoms with Crippen molar-refractivity contribution in [1.82, 2.24) is 15.1 Å². The lowest BCUT2D eigenvalue weighted by Gasteiger charge is -2.39. The third-order valence-electron chi connectivity index (χ3n) is 5.95. The van der Waals surface area contributed by atoms with Crippen molar-refractivity contribution in [3.8, 4) is 0 Å². The van der Waals surface area contributed by atoms with Gasteiger partial charge in [0, 0.05) is 37.1 Å². The summed E-state index contributed by atoms with van der Waals surface area (Å²) in [5.41, 5.74) is 0. The predicted molar refractivity (Wildman–Crippen MR) is 85.2 cm³/mol. The molecule has 0 aromatic rings. The van der Waals surface area contributed by atoms with Gasteiger partial charge in [-0.15, -0.1) is 0 Å². The van der Waals surface area contributed by atoms with E-state index < -0.39 is 0 Å². The second-order valence-corrected chi connectivity index (χ2v) is 7.62. The van der Waals surface area contributed by atoms with Gasteiger partial charge in [0.05, 0.1) is 0 Å². The molecule has 2 atom stereocenters. The van der Waals surface area contributed by atoms with Gasteiger partial charge in [0.2, 0.25) is 5.91 Å². The molecule has 21 heavy (non-hydrogen) atoms. The molecule has 1 N–H and O–H groups in total. The summed E-state index contributed by atoms with van der Waals surface area (Å²) in [5, 5.41) is 3.67. The van der Waals surface area contributed by atoms with Gasteiger partial charge in [-0.25, -0.2) is 0 Å². The van der Waals surface area contributed by atoms with Gasteiger partial charge >= 0.3 is 0 Å². The van der Waals surface area contributed by atoms with Crippen LogP contribution in [-0.2, 0) is 4.79 Å². The summed E-state index contributed by atoms with van der Waals surface area (Å²) in [7, 11) is 2.05. The molecule has 3 fully saturated rings. The van der Waals surface area contributed by atoms with E-state index in [0.717, 1.165) is 38.8 Å². The number of nitrogens with zero attached hydrogens (tertiary/aromatic N) is 2. The molecular weight excluding hydrogens is 262 g/mol. The van der Waals surface area contributed by atoms with E-state index in [9.17, 15) is 4.79 Å². The number of rotatable bonds is 3. The smallest absolute Gasteiger partial charge is 0.225 e. The van der Waals surface area contributed by atoms with Crippen molar-refractivity contribution in [2.75, 3.05) is 20.1 Å². The van der Waals surface area contributed by atoms with Gasteiger partial charge in [0.15, 0.2) is 0 Å². The number of amides is 1. The first-order chi connectivity index (χ1) is 10.0. The Bertz CT molecular complexity index is 364. The summed E-state index contributed by atoms with van der Waals surface area (Å²) in [6.45, 7) is 6.66. The SMILES string of the molecule is CC(C)N1CCC(C(=O)N(C)C2CC3CCC(C2)N3)CC1. The van der Waals surface area contributed by atoms with E-state index >= 15 is 0 Å². The molecule has 0 radical (unpaired) electrons. The highest BCUT2D eigenvalue weighted by Gasteiger charge is 2.38. The molecule has 3 rings (SSSR count). The largest absolute Gasteiger partial charge is 0.342 e. The molecule has 2 unspecified atom stereocenters. The van der Waals surface area contributed by atoms with Crippen LogP contribution in [0.2, 0.25) is 0 Å². The molecule has 0 saturated carbocycles. The summed E-state index contributed by atoms with van der Waals surface area (Å²) in [6, 6.07) is 2.40. The highest BCUT2D eigenvalue weighted by molar-refractivity contribution is 5.79. The van der Waals surface area contributed by atoms with E-state index in [1.54, 1.807) is 0 Å². The van der Waals surface area contributed by atoms with Crippen molar-refractivity contribution in [3.05, 3.63) is 0 Å². The quantitative estimate of drug-likeness (QED) is 0.862. The van der Waals surface area contributed by atoms with Crippen LogP contribution in [0.3, 0.4) is 0 Å². The van der Waals surface area contributed by atoms with E-state index in [4.69, 9.17) is 0 Å². The van der Waals surface area contributed by atoms with Crippen LogP contribution in [0.1, 0.15) is 52.4 Å². The first-order valence-electron chi connectivity index (χ1n) is 8.81. The summed E-state index contributed by atoms with van der Waals surface area (Å²) >= 11 is 0. The van der Waals surface area contributed by atoms with Crippen LogP contribution in [-0.4, -0.2) is 60.0 Å². The standard InChI is InChI=1S/C17H31N3O/c1-12(2)20-8-6-13(7-9-20)17(21)19(3)16-10-14-4-5-15(11-16)18-14/h12-16,18H,4-11H2,1-3H3. The minimum absolute atomic E-state index is 0.262. The third kappa shape index (κ3) is 3.26. The normalized spacial score (nSPS) is 34.4. The lowest BCUT2D eigenvalue weighted by Crippen LogP contribution is -2.51. The van der Waals surface area contributed by atoms with Crippen LogP contribution in [0, 0.1) is 5.92 Å². The van der Waals surface area contributed by atoms with Crippen LogP contribution in [0.4, 0.5) is 0 Å². The summed E-state index contributed by atoms with van der Waals surface area (Å²) < 4.78 is 0. The molecule has 3 saturated heterocycles. The molecule has 4 heteroatoms. The Kier molecular flexibility index (Phi) is 4.55. The fourth-order valence-electron chi connectivity index (χ4n) is 4.47. The Morgan fingerprint density at radius 3 is 2.19 bits per heavy atom. The molecule has 0 aliphatic carbocycles. The van der Waals surface area contributed by atoms with Crippen LogP contribution >= 0.6 is 0 Å². The Labute approximate surface area is 129 Å². The average molecular weight is 293 g/mol. The molecule has 1 amide bonds. The molecule has 4 nitrogen and oxygen atoms in total. The molecule has 0 spiro atoms. The zero-order valence-electron chi connectivity index (χ0n) is 13.8. The maximum absolute atomic E-state index is 12.8. The van der Waals surface area contributed by atoms with Gasteiger partial charge in [-0.1, -0.05) is 0 Å². The van der Waals surface area contributed by atoms with Crippen molar-refractivity contribution in [1.29, 1.82) is 0 Å². The fourth-order valence-corrected chi connectivity index (χ4v) is 4.47. The number of hydrogen-bond donors (Lipinski definition) is 1. The van der Waals surface area contributed by atoms with Crippen molar-refractivity contribution in [2.24, 2.45) is 5.92 Å². The van der Waals surface area contributed by atoms with Gasteiger partial charge < -0.3 is 15.1 Å². The zero-order chi connectivity index (χ0) is 15.0. The Hall–Kier alpha value is -0.610. The summed E-state index contributed by atoms with van der Waals surface area (Å²) in [5.74, 6) is 0.669. The van der Waals surface area contributed by atoms with Crippen molar-refractivity contribution >= 4 is 5.91 Å². The maximum Gasteiger partial charge on any atom is 0.225 e. The zero-order valence-corrected chi connectivity index (χ0v) is 13.8. The fraction of sp³-hybridized carbons (Fsp3) is 0.941. The Balaban J connectivity index is 1.53. The van der Waals surface area contributed by atoms with E-state index in [2.05, 4.69) is 29.0 Å². The molecule has 0 aromatic carbocycles. The highest BCUT2D eigenvalue weighted by Crippen LogP contribution is 2.31. The predicted octanol–water partition coefficient (Wildman–Crippen LogP) is 1.85. The van der Waals surface area contributed by atoms with E-state index in [-0.39, 0.29) is 5.92 Å². The molecular formula is C17H31N3O. The second kappa shape index (κ2) is 6.25. The number of carbonyl (C=O) groups is 1. The second-order valence-electron chi connectivity index (χ2n) is 7.62. The van der Waals surface area contributed by atoms with Gasteiger partial charge in [-0.2, -0.15) is 0 Å². The average Bonchev–Trinajstić information content (AvgIpc) is 2.84. The number of piperidine rings is 2. The van der Waals surface area contributed by atoms with Crippen molar-refractivity contribution in [2.45, 2.75) is 76.5 Å². The number of hydrogen-bond acceptors (Lipinski definition) is 3. The molecule has 3 aliphatic heterocycles. The lowest BCUT2D eigenvalue weighted by atomic mass is 9.92. The number of likely N-dealkylation sites (tertiary alicyclic amines) is 1. The number of carbonyl (C=O) groups excluding carboxylic acids is 1. The van der Waals surface area contributed by atoms with Gasteiger partial charge in [-0.05, 0) is 65.5 Å². The van der Waals surface area contributed by atoms with Crippen LogP contribution in [0.5, 0.6) is 0 Å². The maximum atomic E-state index is 12.8. The van der Waals surface area contributed by atoms with Gasteiger partial charge in [-0.3, -0.25) is 4.79 Å². The Morgan fingerprint density at radius 1 is 1.10 bits per heavy atom. The van der Waals surface area contributed by atoms with Crippen LogP contribution in [0.15, 0.2) is 0 Å². The van der Waals surface area contributed by atoms with Crippen molar-refractivity contribution in [3.63, 3.8) is 0 Å². The molecule has 2 bridgehead atoms. The highest BCUT2D eigenvalue weighted by atomic mass is 16.2. The summed E-state index contributed by atoms with van der Waals surface area (Å²) in [6.07, 6.45) is 7.00. The van der Waals surface area contributed by atoms with Gasteiger partial charge in [0.1, 0.15) is 0 Å². The minimum Gasteiger partial charge on any atom is -0.342 e. The van der Waals surface area contributed by atoms with E-state index in [0.29, 0.717) is 30.1 Å². The first kappa shape index (κ1) is 15.3. The summed E-state index contributed by atoms with van der Waals surface area (Å²) in [4.78, 5) is 17.4. The minimum atomic E-state index is 0.262.